The van der Waals surface area contributed by atoms with Crippen molar-refractivity contribution in [1.82, 2.24) is 4.57 Å². The average molecular weight is 299 g/mol. The fraction of sp³-hybridized carbons (Fsp3) is 0.125. The van der Waals surface area contributed by atoms with Gasteiger partial charge in [0.15, 0.2) is 5.78 Å². The summed E-state index contributed by atoms with van der Waals surface area (Å²) < 4.78 is 7.44. The molecule has 2 heterocycles. The van der Waals surface area contributed by atoms with Gasteiger partial charge < -0.3 is 9.30 Å². The number of carbonyl (C=O) groups excluding carboxylic acids is 1. The van der Waals surface area contributed by atoms with Gasteiger partial charge in [-0.2, -0.15) is 0 Å². The zero-order chi connectivity index (χ0) is 14.8. The lowest BCUT2D eigenvalue weighted by Gasteiger charge is -2.06. The van der Waals surface area contributed by atoms with Crippen molar-refractivity contribution in [3.05, 3.63) is 63.9 Å². The first-order valence-corrected chi connectivity index (χ1v) is 7.31. The molecule has 0 unspecified atom stereocenters. The molecule has 0 spiro atoms. The van der Waals surface area contributed by atoms with Crippen LogP contribution in [0.2, 0.25) is 0 Å². The maximum absolute atomic E-state index is 12.3. The minimum Gasteiger partial charge on any atom is -0.497 e. The van der Waals surface area contributed by atoms with Crippen LogP contribution in [0.3, 0.4) is 0 Å². The van der Waals surface area contributed by atoms with Crippen molar-refractivity contribution in [2.45, 2.75) is 6.54 Å². The maximum Gasteiger partial charge on any atom is 0.259 e. The summed E-state index contributed by atoms with van der Waals surface area (Å²) in [5.41, 5.74) is 0.434. The van der Waals surface area contributed by atoms with Crippen LogP contribution in [0, 0.1) is 0 Å². The summed E-state index contributed by atoms with van der Waals surface area (Å²) >= 11 is 1.52. The Morgan fingerprint density at radius 3 is 2.67 bits per heavy atom. The Morgan fingerprint density at radius 2 is 1.95 bits per heavy atom. The van der Waals surface area contributed by atoms with E-state index < -0.39 is 0 Å². The number of Topliss-reactive ketones (excluding diaryl/α,β-unsaturated/α-hetero) is 1. The van der Waals surface area contributed by atoms with Gasteiger partial charge in [-0.15, -0.1) is 11.3 Å². The minimum atomic E-state index is -0.129. The third-order valence-corrected chi connectivity index (χ3v) is 4.20. The van der Waals surface area contributed by atoms with Crippen molar-refractivity contribution in [2.75, 3.05) is 7.11 Å². The molecule has 21 heavy (non-hydrogen) atoms. The van der Waals surface area contributed by atoms with Gasteiger partial charge in [0.1, 0.15) is 5.75 Å². The number of ketones is 1. The summed E-state index contributed by atoms with van der Waals surface area (Å²) in [5.74, 6) is 0.595. The smallest absolute Gasteiger partial charge is 0.259 e. The van der Waals surface area contributed by atoms with Crippen molar-refractivity contribution < 1.29 is 9.53 Å². The largest absolute Gasteiger partial charge is 0.497 e. The molecule has 0 aliphatic rings. The fourth-order valence-corrected chi connectivity index (χ4v) is 2.93. The molecule has 0 N–H and O–H groups in total. The minimum absolute atomic E-state index is 0.0386. The molecule has 0 fully saturated rings. The predicted octanol–water partition coefficient (Wildman–Crippen LogP) is 2.95. The normalized spacial score (nSPS) is 10.7. The van der Waals surface area contributed by atoms with E-state index in [0.29, 0.717) is 16.7 Å². The van der Waals surface area contributed by atoms with Crippen LogP contribution in [0.1, 0.15) is 10.4 Å². The predicted molar refractivity (Wildman–Crippen MR) is 83.4 cm³/mol. The second kappa shape index (κ2) is 5.54. The van der Waals surface area contributed by atoms with Crippen molar-refractivity contribution in [2.24, 2.45) is 0 Å². The second-order valence-electron chi connectivity index (χ2n) is 4.60. The number of hydrogen-bond donors (Lipinski definition) is 0. The Balaban J connectivity index is 1.88. The van der Waals surface area contributed by atoms with Gasteiger partial charge in [0.2, 0.25) is 0 Å². The van der Waals surface area contributed by atoms with E-state index in [1.807, 2.05) is 11.4 Å². The van der Waals surface area contributed by atoms with Crippen LogP contribution in [0.15, 0.2) is 52.8 Å². The van der Waals surface area contributed by atoms with Crippen LogP contribution in [0.5, 0.6) is 5.75 Å². The molecule has 5 heteroatoms. The molecular formula is C16H13NO3S. The van der Waals surface area contributed by atoms with Crippen molar-refractivity contribution in [3.8, 4) is 5.75 Å². The lowest BCUT2D eigenvalue weighted by atomic mass is 10.1. The number of nitrogens with zero attached hydrogens (tertiary/aromatic N) is 1. The molecule has 0 bridgehead atoms. The number of fused-ring (bicyclic) bond motifs is 1. The number of ether oxygens (including phenoxy) is 1. The number of aromatic nitrogens is 1. The molecule has 3 aromatic rings. The molecular weight excluding hydrogens is 286 g/mol. The summed E-state index contributed by atoms with van der Waals surface area (Å²) in [6, 6.07) is 10.5. The molecule has 0 amide bonds. The first-order valence-electron chi connectivity index (χ1n) is 6.43. The van der Waals surface area contributed by atoms with E-state index in [0.717, 1.165) is 4.70 Å². The summed E-state index contributed by atoms with van der Waals surface area (Å²) in [6.45, 7) is 0.0386. The van der Waals surface area contributed by atoms with Crippen LogP contribution in [0.4, 0.5) is 0 Å². The number of methoxy groups -OCH3 is 1. The van der Waals surface area contributed by atoms with E-state index in [9.17, 15) is 9.59 Å². The highest BCUT2D eigenvalue weighted by Gasteiger charge is 2.10. The molecule has 0 radical (unpaired) electrons. The van der Waals surface area contributed by atoms with E-state index in [1.165, 1.54) is 15.9 Å². The van der Waals surface area contributed by atoms with Gasteiger partial charge >= 0.3 is 0 Å². The number of hydrogen-bond acceptors (Lipinski definition) is 4. The lowest BCUT2D eigenvalue weighted by Crippen LogP contribution is -2.23. The summed E-state index contributed by atoms with van der Waals surface area (Å²) in [6.07, 6.45) is 1.67. The van der Waals surface area contributed by atoms with E-state index in [2.05, 4.69) is 0 Å². The molecule has 2 aromatic heterocycles. The van der Waals surface area contributed by atoms with E-state index in [-0.39, 0.29) is 17.9 Å². The number of thiophene rings is 1. The van der Waals surface area contributed by atoms with Crippen LogP contribution in [0.25, 0.3) is 10.1 Å². The first kappa shape index (κ1) is 13.6. The van der Waals surface area contributed by atoms with Gasteiger partial charge in [-0.05, 0) is 41.8 Å². The summed E-state index contributed by atoms with van der Waals surface area (Å²) in [7, 11) is 1.58. The molecule has 0 saturated heterocycles. The number of benzene rings is 1. The Hall–Kier alpha value is -2.40. The Bertz CT molecular complexity index is 846. The maximum atomic E-state index is 12.3. The third-order valence-electron chi connectivity index (χ3n) is 3.32. The molecule has 0 aliphatic heterocycles. The van der Waals surface area contributed by atoms with Crippen molar-refractivity contribution in [1.29, 1.82) is 0 Å². The number of rotatable bonds is 4. The third kappa shape index (κ3) is 2.60. The van der Waals surface area contributed by atoms with E-state index >= 15 is 0 Å². The standard InChI is InChI=1S/C16H13NO3S/c1-20-12-4-2-11(3-5-12)14(18)10-17-8-6-15-13(16(17)19)7-9-21-15/h2-9H,10H2,1H3. The van der Waals surface area contributed by atoms with Gasteiger partial charge in [-0.25, -0.2) is 0 Å². The van der Waals surface area contributed by atoms with Crippen LogP contribution < -0.4 is 10.3 Å². The topological polar surface area (TPSA) is 48.3 Å². The first-order chi connectivity index (χ1) is 10.2. The van der Waals surface area contributed by atoms with Gasteiger partial charge in [-0.3, -0.25) is 9.59 Å². The van der Waals surface area contributed by atoms with Crippen molar-refractivity contribution >= 4 is 27.2 Å². The van der Waals surface area contributed by atoms with Crippen LogP contribution in [-0.2, 0) is 6.54 Å². The van der Waals surface area contributed by atoms with Gasteiger partial charge in [0, 0.05) is 16.5 Å². The van der Waals surface area contributed by atoms with Crippen LogP contribution >= 0.6 is 11.3 Å². The van der Waals surface area contributed by atoms with Gasteiger partial charge in [-0.1, -0.05) is 0 Å². The van der Waals surface area contributed by atoms with Crippen LogP contribution in [-0.4, -0.2) is 17.5 Å². The highest BCUT2D eigenvalue weighted by molar-refractivity contribution is 7.17. The highest BCUT2D eigenvalue weighted by atomic mass is 32.1. The SMILES string of the molecule is COc1ccc(C(=O)Cn2ccc3sccc3c2=O)cc1. The Labute approximate surface area is 125 Å². The van der Waals surface area contributed by atoms with Crippen molar-refractivity contribution in [3.63, 3.8) is 0 Å². The van der Waals surface area contributed by atoms with Gasteiger partial charge in [0.25, 0.3) is 5.56 Å². The number of carbonyl (C=O) groups is 1. The molecule has 3 rings (SSSR count). The highest BCUT2D eigenvalue weighted by Crippen LogP contribution is 2.16. The Morgan fingerprint density at radius 1 is 1.19 bits per heavy atom. The molecule has 0 saturated carbocycles. The van der Waals surface area contributed by atoms with Gasteiger partial charge in [0.05, 0.1) is 19.0 Å². The summed E-state index contributed by atoms with van der Waals surface area (Å²) in [5, 5.41) is 2.53. The Kier molecular flexibility index (Phi) is 3.58. The zero-order valence-electron chi connectivity index (χ0n) is 11.4. The van der Waals surface area contributed by atoms with E-state index in [1.54, 1.807) is 43.6 Å². The average Bonchev–Trinajstić information content (AvgIpc) is 2.99. The quantitative estimate of drug-likeness (QED) is 0.696. The lowest BCUT2D eigenvalue weighted by molar-refractivity contribution is 0.0971. The molecule has 0 atom stereocenters. The zero-order valence-corrected chi connectivity index (χ0v) is 12.2. The molecule has 106 valence electrons. The monoisotopic (exact) mass is 299 g/mol. The molecule has 4 nitrogen and oxygen atoms in total. The second-order valence-corrected chi connectivity index (χ2v) is 5.55. The summed E-state index contributed by atoms with van der Waals surface area (Å²) in [4.78, 5) is 24.5. The molecule has 0 aliphatic carbocycles. The molecule has 1 aromatic carbocycles. The number of pyridine rings is 1. The fourth-order valence-electron chi connectivity index (χ4n) is 2.15. The van der Waals surface area contributed by atoms with E-state index in [4.69, 9.17) is 4.74 Å².